The van der Waals surface area contributed by atoms with Gasteiger partial charge in [0.1, 0.15) is 15.8 Å². The Labute approximate surface area is 213 Å². The van der Waals surface area contributed by atoms with E-state index in [1.807, 2.05) is 79.9 Å². The number of thioether (sulfide) groups is 1. The molecule has 1 aromatic heterocycles. The van der Waals surface area contributed by atoms with E-state index in [1.165, 1.54) is 17.8 Å². The van der Waals surface area contributed by atoms with E-state index in [0.29, 0.717) is 31.6 Å². The second-order valence-corrected chi connectivity index (χ2v) is 9.99. The fraction of sp³-hybridized carbons (Fsp3) is 0.107. The summed E-state index contributed by atoms with van der Waals surface area (Å²) in [7, 11) is 0. The summed E-state index contributed by atoms with van der Waals surface area (Å²) >= 11 is 6.86. The quantitative estimate of drug-likeness (QED) is 0.220. The lowest BCUT2D eigenvalue weighted by Gasteiger charge is -2.23. The van der Waals surface area contributed by atoms with Crippen LogP contribution in [0.5, 0.6) is 0 Å². The molecule has 1 saturated heterocycles. The molecule has 0 spiro atoms. The molecule has 0 saturated carbocycles. The number of halogens is 1. The van der Waals surface area contributed by atoms with Gasteiger partial charge in [0.2, 0.25) is 0 Å². The molecule has 3 aromatic carbocycles. The third kappa shape index (κ3) is 4.57. The number of carbonyl (C=O) groups excluding carboxylic acids is 1. The van der Waals surface area contributed by atoms with Crippen LogP contribution in [0, 0.1) is 12.7 Å². The van der Waals surface area contributed by atoms with E-state index in [9.17, 15) is 9.18 Å². The van der Waals surface area contributed by atoms with E-state index in [0.717, 1.165) is 11.3 Å². The highest BCUT2D eigenvalue weighted by Gasteiger charge is 2.36. The van der Waals surface area contributed by atoms with Gasteiger partial charge in [-0.3, -0.25) is 9.69 Å². The highest BCUT2D eigenvalue weighted by Crippen LogP contribution is 2.39. The van der Waals surface area contributed by atoms with Gasteiger partial charge in [0.15, 0.2) is 0 Å². The van der Waals surface area contributed by atoms with Gasteiger partial charge in [-0.25, -0.2) is 9.07 Å². The van der Waals surface area contributed by atoms with Crippen LogP contribution in [-0.2, 0) is 4.79 Å². The molecule has 0 bridgehead atoms. The second kappa shape index (κ2) is 9.60. The smallest absolute Gasteiger partial charge is 0.266 e. The first-order valence-corrected chi connectivity index (χ1v) is 12.4. The summed E-state index contributed by atoms with van der Waals surface area (Å²) in [6.07, 6.45) is 3.66. The maximum atomic E-state index is 14.4. The van der Waals surface area contributed by atoms with Crippen molar-refractivity contribution in [1.29, 1.82) is 0 Å². The molecule has 5 rings (SSSR count). The molecule has 0 radical (unpaired) electrons. The van der Waals surface area contributed by atoms with Crippen LogP contribution in [0.3, 0.4) is 0 Å². The van der Waals surface area contributed by atoms with Crippen molar-refractivity contribution in [3.63, 3.8) is 0 Å². The molecule has 35 heavy (non-hydrogen) atoms. The molecule has 1 aliphatic heterocycles. The van der Waals surface area contributed by atoms with Crippen LogP contribution in [0.25, 0.3) is 23.0 Å². The molecule has 0 unspecified atom stereocenters. The zero-order valence-corrected chi connectivity index (χ0v) is 20.8. The van der Waals surface area contributed by atoms with E-state index in [4.69, 9.17) is 17.3 Å². The third-order valence-corrected chi connectivity index (χ3v) is 7.32. The lowest BCUT2D eigenvalue weighted by molar-refractivity contribution is -0.123. The van der Waals surface area contributed by atoms with Crippen molar-refractivity contribution in [2.24, 2.45) is 0 Å². The van der Waals surface area contributed by atoms with E-state index in [1.54, 1.807) is 28.6 Å². The van der Waals surface area contributed by atoms with Gasteiger partial charge in [0.25, 0.3) is 5.91 Å². The van der Waals surface area contributed by atoms with Gasteiger partial charge >= 0.3 is 0 Å². The van der Waals surface area contributed by atoms with Gasteiger partial charge in [0.05, 0.1) is 16.6 Å². The number of amides is 1. The largest absolute Gasteiger partial charge is 0.286 e. The minimum Gasteiger partial charge on any atom is -0.286 e. The fourth-order valence-corrected chi connectivity index (χ4v) is 5.42. The van der Waals surface area contributed by atoms with Crippen molar-refractivity contribution >= 4 is 40.3 Å². The maximum Gasteiger partial charge on any atom is 0.266 e. The normalized spacial score (nSPS) is 15.7. The van der Waals surface area contributed by atoms with Crippen molar-refractivity contribution < 1.29 is 9.18 Å². The van der Waals surface area contributed by atoms with E-state index in [2.05, 4.69) is 0 Å². The predicted molar refractivity (Wildman–Crippen MR) is 144 cm³/mol. The van der Waals surface area contributed by atoms with E-state index >= 15 is 0 Å². The van der Waals surface area contributed by atoms with Crippen LogP contribution in [0.15, 0.2) is 90.0 Å². The molecular formula is C28H22FN3OS2. The lowest BCUT2D eigenvalue weighted by atomic mass is 10.1. The Morgan fingerprint density at radius 3 is 2.40 bits per heavy atom. The van der Waals surface area contributed by atoms with Crippen molar-refractivity contribution in [2.45, 2.75) is 19.9 Å². The predicted octanol–water partition coefficient (Wildman–Crippen LogP) is 6.95. The van der Waals surface area contributed by atoms with Gasteiger partial charge in [-0.1, -0.05) is 84.6 Å². The second-order valence-electron chi connectivity index (χ2n) is 8.32. The first-order valence-electron chi connectivity index (χ1n) is 11.2. The standard InChI is InChI=1S/C28H22FN3OS2/c1-18-13-14-21(15-24(18)29)26-22(17-31(30-26)23-11-7-4-8-12-23)16-25-27(33)32(28(34)35-25)19(2)20-9-5-3-6-10-20/h3-17,19H,1-2H3/b25-16-/t19-/m0/s1. The zero-order chi connectivity index (χ0) is 24.5. The number of hydrogen-bond acceptors (Lipinski definition) is 4. The van der Waals surface area contributed by atoms with Gasteiger partial charge in [-0.15, -0.1) is 0 Å². The Bertz CT molecular complexity index is 1450. The highest BCUT2D eigenvalue weighted by molar-refractivity contribution is 8.26. The molecule has 174 valence electrons. The Kier molecular flexibility index (Phi) is 6.36. The van der Waals surface area contributed by atoms with Gasteiger partial charge in [-0.2, -0.15) is 5.10 Å². The Balaban J connectivity index is 1.56. The molecule has 7 heteroatoms. The number of para-hydroxylation sites is 1. The first kappa shape index (κ1) is 23.2. The number of thiocarbonyl (C=S) groups is 1. The minimum atomic E-state index is -0.300. The van der Waals surface area contributed by atoms with Crippen molar-refractivity contribution in [1.82, 2.24) is 14.7 Å². The van der Waals surface area contributed by atoms with Crippen LogP contribution in [0.4, 0.5) is 4.39 Å². The van der Waals surface area contributed by atoms with E-state index < -0.39 is 0 Å². The summed E-state index contributed by atoms with van der Waals surface area (Å²) in [5.74, 6) is -0.449. The van der Waals surface area contributed by atoms with Gasteiger partial charge < -0.3 is 0 Å². The Hall–Kier alpha value is -3.55. The summed E-state index contributed by atoms with van der Waals surface area (Å²) in [5.41, 5.74) is 4.39. The van der Waals surface area contributed by atoms with E-state index in [-0.39, 0.29) is 17.8 Å². The molecule has 4 aromatic rings. The molecule has 0 aliphatic carbocycles. The number of nitrogens with zero attached hydrogens (tertiary/aromatic N) is 3. The molecule has 1 fully saturated rings. The molecular weight excluding hydrogens is 477 g/mol. The summed E-state index contributed by atoms with van der Waals surface area (Å²) in [5, 5.41) is 4.75. The van der Waals surface area contributed by atoms with Crippen LogP contribution >= 0.6 is 24.0 Å². The molecule has 1 aliphatic rings. The molecule has 4 nitrogen and oxygen atoms in total. The summed E-state index contributed by atoms with van der Waals surface area (Å²) in [4.78, 5) is 15.6. The SMILES string of the molecule is Cc1ccc(-c2nn(-c3ccccc3)cc2/C=C2\SC(=S)N([C@@H](C)c3ccccc3)C2=O)cc1F. The lowest BCUT2D eigenvalue weighted by Crippen LogP contribution is -2.30. The number of benzene rings is 3. The highest BCUT2D eigenvalue weighted by atomic mass is 32.2. The van der Waals surface area contributed by atoms with Crippen LogP contribution in [-0.4, -0.2) is 24.9 Å². The van der Waals surface area contributed by atoms with Crippen molar-refractivity contribution in [3.05, 3.63) is 112 Å². The average Bonchev–Trinajstić information content (AvgIpc) is 3.42. The fourth-order valence-electron chi connectivity index (χ4n) is 4.01. The van der Waals surface area contributed by atoms with Gasteiger partial charge in [-0.05, 0) is 49.2 Å². The monoisotopic (exact) mass is 499 g/mol. The topological polar surface area (TPSA) is 38.1 Å². The number of aromatic nitrogens is 2. The van der Waals surface area contributed by atoms with Crippen LogP contribution in [0.2, 0.25) is 0 Å². The van der Waals surface area contributed by atoms with Crippen molar-refractivity contribution in [2.75, 3.05) is 0 Å². The number of rotatable bonds is 5. The summed E-state index contributed by atoms with van der Waals surface area (Å²) in [6, 6.07) is 24.4. The van der Waals surface area contributed by atoms with Gasteiger partial charge in [0, 0.05) is 17.3 Å². The van der Waals surface area contributed by atoms with Crippen molar-refractivity contribution in [3.8, 4) is 16.9 Å². The minimum absolute atomic E-state index is 0.148. The van der Waals surface area contributed by atoms with Crippen LogP contribution < -0.4 is 0 Å². The number of hydrogen-bond donors (Lipinski definition) is 0. The molecule has 1 amide bonds. The number of carbonyl (C=O) groups is 1. The average molecular weight is 500 g/mol. The Morgan fingerprint density at radius 1 is 1.03 bits per heavy atom. The van der Waals surface area contributed by atoms with Crippen LogP contribution in [0.1, 0.15) is 29.7 Å². The maximum absolute atomic E-state index is 14.4. The molecule has 1 atom stereocenters. The third-order valence-electron chi connectivity index (χ3n) is 5.99. The number of aryl methyl sites for hydroxylation is 1. The molecule has 0 N–H and O–H groups in total. The first-order chi connectivity index (χ1) is 16.9. The molecule has 2 heterocycles. The summed E-state index contributed by atoms with van der Waals surface area (Å²) < 4.78 is 16.7. The zero-order valence-electron chi connectivity index (χ0n) is 19.2. The summed E-state index contributed by atoms with van der Waals surface area (Å²) in [6.45, 7) is 3.69. The Morgan fingerprint density at radius 2 is 1.71 bits per heavy atom.